The van der Waals surface area contributed by atoms with Gasteiger partial charge in [0.25, 0.3) is 0 Å². The Morgan fingerprint density at radius 2 is 1.67 bits per heavy atom. The molecule has 4 aromatic heterocycles. The van der Waals surface area contributed by atoms with Crippen LogP contribution in [-0.4, -0.2) is 29.9 Å². The van der Waals surface area contributed by atoms with E-state index in [1.54, 1.807) is 17.8 Å². The summed E-state index contributed by atoms with van der Waals surface area (Å²) in [6.45, 7) is 14.0. The van der Waals surface area contributed by atoms with E-state index in [4.69, 9.17) is 9.51 Å². The summed E-state index contributed by atoms with van der Waals surface area (Å²) in [5.74, 6) is 1.73. The van der Waals surface area contributed by atoms with Crippen molar-refractivity contribution in [2.45, 2.75) is 48.5 Å². The summed E-state index contributed by atoms with van der Waals surface area (Å²) in [5, 5.41) is 9.71. The van der Waals surface area contributed by atoms with Gasteiger partial charge in [-0.2, -0.15) is 14.8 Å². The van der Waals surface area contributed by atoms with Crippen LogP contribution in [0.1, 0.15) is 42.3 Å². The van der Waals surface area contributed by atoms with E-state index < -0.39 is 0 Å². The quantitative estimate of drug-likeness (QED) is 0.523. The Hall–Kier alpha value is -3.09. The maximum Gasteiger partial charge on any atom is 0.223 e. The molecule has 4 rings (SSSR count). The molecule has 4 heterocycles. The predicted octanol–water partition coefficient (Wildman–Crippen LogP) is 4.43. The minimum Gasteiger partial charge on any atom is -0.339 e. The van der Waals surface area contributed by atoms with Gasteiger partial charge >= 0.3 is 0 Å². The van der Waals surface area contributed by atoms with Crippen LogP contribution >= 0.6 is 0 Å². The summed E-state index contributed by atoms with van der Waals surface area (Å²) >= 11 is 0. The molecule has 0 aliphatic heterocycles. The predicted molar refractivity (Wildman–Crippen MR) is 105 cm³/mol. The standard InChI is InChI=1S/C18H18N6O.C2H6/c1-9-10(2)16-12(4)22-24(18(16)20-11(9)3)15-8-14(6-7-19-15)17-21-13(5)25-23-17;1-2/h6-8H,1-5H3;1-2H3. The summed E-state index contributed by atoms with van der Waals surface area (Å²) in [4.78, 5) is 13.5. The number of hydrogen-bond acceptors (Lipinski definition) is 6. The van der Waals surface area contributed by atoms with Crippen molar-refractivity contribution < 1.29 is 4.52 Å². The third-order valence-corrected chi connectivity index (χ3v) is 4.54. The van der Waals surface area contributed by atoms with Crippen molar-refractivity contribution in [2.75, 3.05) is 0 Å². The van der Waals surface area contributed by atoms with Crippen molar-refractivity contribution in [1.82, 2.24) is 29.9 Å². The monoisotopic (exact) mass is 364 g/mol. The van der Waals surface area contributed by atoms with Crippen LogP contribution in [0.5, 0.6) is 0 Å². The first-order chi connectivity index (χ1) is 13.0. The average molecular weight is 364 g/mol. The molecule has 0 saturated carbocycles. The maximum absolute atomic E-state index is 5.07. The molecule has 0 radical (unpaired) electrons. The summed E-state index contributed by atoms with van der Waals surface area (Å²) in [7, 11) is 0. The number of aryl methyl sites for hydroxylation is 4. The van der Waals surface area contributed by atoms with E-state index >= 15 is 0 Å². The molecular weight excluding hydrogens is 340 g/mol. The van der Waals surface area contributed by atoms with E-state index in [1.807, 2.05) is 39.8 Å². The molecule has 27 heavy (non-hydrogen) atoms. The number of hydrogen-bond donors (Lipinski definition) is 0. The number of aromatic nitrogens is 6. The Morgan fingerprint density at radius 3 is 2.33 bits per heavy atom. The number of pyridine rings is 2. The van der Waals surface area contributed by atoms with Crippen LogP contribution in [0.3, 0.4) is 0 Å². The number of nitrogens with zero attached hydrogens (tertiary/aromatic N) is 6. The Labute approximate surface area is 158 Å². The molecule has 140 valence electrons. The first-order valence-corrected chi connectivity index (χ1v) is 9.06. The third-order valence-electron chi connectivity index (χ3n) is 4.54. The second-order valence-electron chi connectivity index (χ2n) is 6.18. The molecule has 0 fully saturated rings. The minimum absolute atomic E-state index is 0.525. The van der Waals surface area contributed by atoms with E-state index in [0.717, 1.165) is 28.0 Å². The van der Waals surface area contributed by atoms with Crippen molar-refractivity contribution in [3.05, 3.63) is 46.7 Å². The highest BCUT2D eigenvalue weighted by Crippen LogP contribution is 2.27. The Bertz CT molecular complexity index is 1110. The number of rotatable bonds is 2. The third kappa shape index (κ3) is 3.20. The lowest BCUT2D eigenvalue weighted by Crippen LogP contribution is -2.02. The van der Waals surface area contributed by atoms with Crippen LogP contribution in [0.2, 0.25) is 0 Å². The molecule has 0 aromatic carbocycles. The molecular formula is C20H24N6O. The zero-order valence-corrected chi connectivity index (χ0v) is 16.8. The van der Waals surface area contributed by atoms with Crippen molar-refractivity contribution >= 4 is 11.0 Å². The van der Waals surface area contributed by atoms with Crippen molar-refractivity contribution in [1.29, 1.82) is 0 Å². The molecule has 0 aliphatic rings. The van der Waals surface area contributed by atoms with Gasteiger partial charge in [0.2, 0.25) is 11.7 Å². The van der Waals surface area contributed by atoms with E-state index in [1.165, 1.54) is 11.1 Å². The highest BCUT2D eigenvalue weighted by atomic mass is 16.5. The molecule has 0 saturated heterocycles. The Kier molecular flexibility index (Phi) is 5.03. The molecule has 4 aromatic rings. The SMILES string of the molecule is CC.Cc1nc(-c2ccnc(-n3nc(C)c4c(C)c(C)c(C)nc43)c2)no1. The minimum atomic E-state index is 0.525. The average Bonchev–Trinajstić information content (AvgIpc) is 3.25. The molecule has 0 amide bonds. The van der Waals surface area contributed by atoms with Gasteiger partial charge in [-0.15, -0.1) is 0 Å². The van der Waals surface area contributed by atoms with Crippen molar-refractivity contribution in [3.63, 3.8) is 0 Å². The fourth-order valence-corrected chi connectivity index (χ4v) is 3.01. The van der Waals surface area contributed by atoms with Gasteiger partial charge in [-0.05, 0) is 51.0 Å². The lowest BCUT2D eigenvalue weighted by molar-refractivity contribution is 0.394. The fraction of sp³-hybridized carbons (Fsp3) is 0.350. The van der Waals surface area contributed by atoms with Crippen LogP contribution in [0.15, 0.2) is 22.9 Å². The zero-order valence-electron chi connectivity index (χ0n) is 16.8. The van der Waals surface area contributed by atoms with Gasteiger partial charge in [-0.3, -0.25) is 0 Å². The molecule has 0 aliphatic carbocycles. The molecule has 0 atom stereocenters. The Balaban J connectivity index is 0.00000102. The molecule has 0 N–H and O–H groups in total. The molecule has 7 heteroatoms. The molecule has 0 bridgehead atoms. The fourth-order valence-electron chi connectivity index (χ4n) is 3.01. The van der Waals surface area contributed by atoms with Gasteiger partial charge in [0.15, 0.2) is 11.5 Å². The van der Waals surface area contributed by atoms with E-state index in [0.29, 0.717) is 17.5 Å². The van der Waals surface area contributed by atoms with Gasteiger partial charge < -0.3 is 4.52 Å². The molecule has 0 spiro atoms. The van der Waals surface area contributed by atoms with Gasteiger partial charge in [0, 0.05) is 29.8 Å². The maximum atomic E-state index is 5.07. The van der Waals surface area contributed by atoms with Crippen molar-refractivity contribution in [3.8, 4) is 17.2 Å². The lowest BCUT2D eigenvalue weighted by Gasteiger charge is -2.07. The van der Waals surface area contributed by atoms with E-state index in [-0.39, 0.29) is 0 Å². The van der Waals surface area contributed by atoms with E-state index in [2.05, 4.69) is 34.1 Å². The first kappa shape index (κ1) is 18.7. The van der Waals surface area contributed by atoms with Crippen LogP contribution in [0.4, 0.5) is 0 Å². The Morgan fingerprint density at radius 1 is 0.926 bits per heavy atom. The van der Waals surface area contributed by atoms with Gasteiger partial charge in [-0.1, -0.05) is 19.0 Å². The van der Waals surface area contributed by atoms with E-state index in [9.17, 15) is 0 Å². The van der Waals surface area contributed by atoms with Gasteiger partial charge in [0.05, 0.1) is 5.69 Å². The normalized spacial score (nSPS) is 10.8. The van der Waals surface area contributed by atoms with Crippen LogP contribution < -0.4 is 0 Å². The van der Waals surface area contributed by atoms with Crippen LogP contribution in [-0.2, 0) is 0 Å². The summed E-state index contributed by atoms with van der Waals surface area (Å²) in [6, 6.07) is 3.74. The largest absolute Gasteiger partial charge is 0.339 e. The second-order valence-corrected chi connectivity index (χ2v) is 6.18. The zero-order chi connectivity index (χ0) is 19.7. The molecule has 7 nitrogen and oxygen atoms in total. The van der Waals surface area contributed by atoms with Gasteiger partial charge in [0.1, 0.15) is 0 Å². The first-order valence-electron chi connectivity index (χ1n) is 9.06. The number of fused-ring (bicyclic) bond motifs is 1. The van der Waals surface area contributed by atoms with Crippen molar-refractivity contribution in [2.24, 2.45) is 0 Å². The summed E-state index contributed by atoms with van der Waals surface area (Å²) in [6.07, 6.45) is 1.72. The van der Waals surface area contributed by atoms with Crippen LogP contribution in [0.25, 0.3) is 28.2 Å². The smallest absolute Gasteiger partial charge is 0.223 e. The topological polar surface area (TPSA) is 82.5 Å². The summed E-state index contributed by atoms with van der Waals surface area (Å²) in [5.41, 5.74) is 5.97. The lowest BCUT2D eigenvalue weighted by atomic mass is 10.1. The van der Waals surface area contributed by atoms with Gasteiger partial charge in [-0.25, -0.2) is 9.97 Å². The highest BCUT2D eigenvalue weighted by molar-refractivity contribution is 5.84. The van der Waals surface area contributed by atoms with Crippen LogP contribution in [0, 0.1) is 34.6 Å². The molecule has 0 unspecified atom stereocenters. The summed E-state index contributed by atoms with van der Waals surface area (Å²) < 4.78 is 6.85. The highest BCUT2D eigenvalue weighted by Gasteiger charge is 2.17. The second kappa shape index (κ2) is 7.26.